The van der Waals surface area contributed by atoms with Crippen LogP contribution in [0.5, 0.6) is 0 Å². The minimum absolute atomic E-state index is 0.220. The fraction of sp³-hybridized carbons (Fsp3) is 0.0556. The second kappa shape index (κ2) is 6.12. The van der Waals surface area contributed by atoms with Gasteiger partial charge in [0.25, 0.3) is 5.91 Å². The number of rotatable bonds is 3. The first-order valence-corrected chi connectivity index (χ1v) is 7.73. The van der Waals surface area contributed by atoms with Crippen molar-refractivity contribution in [1.82, 2.24) is 0 Å². The minimum atomic E-state index is -0.365. The van der Waals surface area contributed by atoms with Gasteiger partial charge in [-0.2, -0.15) is 0 Å². The van der Waals surface area contributed by atoms with Gasteiger partial charge in [-0.3, -0.25) is 4.79 Å². The summed E-state index contributed by atoms with van der Waals surface area (Å²) < 4.78 is 13.3. The number of hydrogen-bond acceptors (Lipinski definition) is 2. The molecule has 4 heteroatoms. The van der Waals surface area contributed by atoms with Crippen LogP contribution in [-0.4, -0.2) is 5.91 Å². The fourth-order valence-electron chi connectivity index (χ4n) is 2.24. The number of anilines is 1. The first-order chi connectivity index (χ1) is 10.6. The van der Waals surface area contributed by atoms with Gasteiger partial charge in [-0.15, -0.1) is 11.3 Å². The van der Waals surface area contributed by atoms with Crippen molar-refractivity contribution in [3.8, 4) is 11.1 Å². The topological polar surface area (TPSA) is 29.1 Å². The molecule has 22 heavy (non-hydrogen) atoms. The predicted octanol–water partition coefficient (Wildman–Crippen LogP) is 5.11. The second-order valence-electron chi connectivity index (χ2n) is 4.94. The number of hydrogen-bond donors (Lipinski definition) is 1. The van der Waals surface area contributed by atoms with Crippen LogP contribution in [0.25, 0.3) is 11.1 Å². The maximum atomic E-state index is 13.3. The molecular formula is C18H14FNOS. The average Bonchev–Trinajstić information content (AvgIpc) is 3.01. The molecule has 0 saturated carbocycles. The van der Waals surface area contributed by atoms with E-state index in [0.29, 0.717) is 10.6 Å². The van der Waals surface area contributed by atoms with Crippen LogP contribution in [0.3, 0.4) is 0 Å². The molecule has 2 nitrogen and oxygen atoms in total. The van der Waals surface area contributed by atoms with Gasteiger partial charge >= 0.3 is 0 Å². The summed E-state index contributed by atoms with van der Waals surface area (Å²) in [6.45, 7) is 1.83. The van der Waals surface area contributed by atoms with Gasteiger partial charge in [0.2, 0.25) is 0 Å². The highest BCUT2D eigenvalue weighted by atomic mass is 32.1. The summed E-state index contributed by atoms with van der Waals surface area (Å²) in [4.78, 5) is 13.1. The lowest BCUT2D eigenvalue weighted by Gasteiger charge is -2.09. The zero-order valence-corrected chi connectivity index (χ0v) is 12.8. The summed E-state index contributed by atoms with van der Waals surface area (Å²) in [6, 6.07) is 16.0. The molecule has 3 aromatic rings. The third-order valence-electron chi connectivity index (χ3n) is 3.40. The Morgan fingerprint density at radius 2 is 1.86 bits per heavy atom. The first kappa shape index (κ1) is 14.5. The molecule has 0 bridgehead atoms. The van der Waals surface area contributed by atoms with Crippen molar-refractivity contribution >= 4 is 22.9 Å². The van der Waals surface area contributed by atoms with Crippen LogP contribution >= 0.6 is 11.3 Å². The van der Waals surface area contributed by atoms with Crippen LogP contribution in [0.1, 0.15) is 15.2 Å². The standard InChI is InChI=1S/C18H14FNOS/c1-12-7-8-14(19)11-16(12)20-18(21)17-15(9-10-22-17)13-5-3-2-4-6-13/h2-11H,1H3,(H,20,21). The Balaban J connectivity index is 1.91. The highest BCUT2D eigenvalue weighted by Crippen LogP contribution is 2.29. The second-order valence-corrected chi connectivity index (χ2v) is 5.86. The van der Waals surface area contributed by atoms with E-state index in [9.17, 15) is 9.18 Å². The quantitative estimate of drug-likeness (QED) is 0.715. The lowest BCUT2D eigenvalue weighted by atomic mass is 10.1. The molecule has 1 aromatic heterocycles. The molecule has 0 unspecified atom stereocenters. The van der Waals surface area contributed by atoms with Gasteiger partial charge in [-0.05, 0) is 41.6 Å². The summed E-state index contributed by atoms with van der Waals surface area (Å²) in [5, 5.41) is 4.68. The highest BCUT2D eigenvalue weighted by molar-refractivity contribution is 7.12. The molecule has 0 fully saturated rings. The molecule has 1 amide bonds. The Morgan fingerprint density at radius 1 is 1.09 bits per heavy atom. The molecule has 2 aromatic carbocycles. The number of carbonyl (C=O) groups is 1. The number of benzene rings is 2. The molecule has 1 N–H and O–H groups in total. The number of thiophene rings is 1. The van der Waals surface area contributed by atoms with Crippen LogP contribution in [0.15, 0.2) is 60.0 Å². The molecule has 0 aliphatic heterocycles. The van der Waals surface area contributed by atoms with E-state index in [0.717, 1.165) is 16.7 Å². The Bertz CT molecular complexity index is 811. The molecule has 0 saturated heterocycles. The van der Waals surface area contributed by atoms with E-state index in [1.54, 1.807) is 6.07 Å². The van der Waals surface area contributed by atoms with Crippen molar-refractivity contribution in [3.05, 3.63) is 76.2 Å². The van der Waals surface area contributed by atoms with E-state index in [1.807, 2.05) is 48.7 Å². The Hall–Kier alpha value is -2.46. The normalized spacial score (nSPS) is 10.5. The van der Waals surface area contributed by atoms with Crippen molar-refractivity contribution in [1.29, 1.82) is 0 Å². The number of nitrogens with one attached hydrogen (secondary N) is 1. The molecule has 0 atom stereocenters. The maximum Gasteiger partial charge on any atom is 0.266 e. The number of aryl methyl sites for hydroxylation is 1. The molecule has 3 rings (SSSR count). The van der Waals surface area contributed by atoms with Gasteiger partial charge in [-0.1, -0.05) is 36.4 Å². The van der Waals surface area contributed by atoms with E-state index in [1.165, 1.54) is 23.5 Å². The van der Waals surface area contributed by atoms with Crippen molar-refractivity contribution < 1.29 is 9.18 Å². The lowest BCUT2D eigenvalue weighted by Crippen LogP contribution is -2.12. The summed E-state index contributed by atoms with van der Waals surface area (Å²) >= 11 is 1.38. The fourth-order valence-corrected chi connectivity index (χ4v) is 3.05. The van der Waals surface area contributed by atoms with Crippen molar-refractivity contribution in [2.75, 3.05) is 5.32 Å². The molecular weight excluding hydrogens is 297 g/mol. The SMILES string of the molecule is Cc1ccc(F)cc1NC(=O)c1sccc1-c1ccccc1. The Kier molecular flexibility index (Phi) is 4.02. The largest absolute Gasteiger partial charge is 0.321 e. The van der Waals surface area contributed by atoms with Gasteiger partial charge in [-0.25, -0.2) is 4.39 Å². The van der Waals surface area contributed by atoms with E-state index in [4.69, 9.17) is 0 Å². The lowest BCUT2D eigenvalue weighted by molar-refractivity contribution is 0.103. The molecule has 0 aliphatic rings. The molecule has 0 aliphatic carbocycles. The monoisotopic (exact) mass is 311 g/mol. The zero-order valence-electron chi connectivity index (χ0n) is 12.0. The highest BCUT2D eigenvalue weighted by Gasteiger charge is 2.15. The zero-order chi connectivity index (χ0) is 15.5. The summed E-state index contributed by atoms with van der Waals surface area (Å²) in [5.41, 5.74) is 3.20. The van der Waals surface area contributed by atoms with Crippen LogP contribution in [0.4, 0.5) is 10.1 Å². The maximum absolute atomic E-state index is 13.3. The van der Waals surface area contributed by atoms with Gasteiger partial charge in [0, 0.05) is 11.3 Å². The number of halogens is 1. The summed E-state index contributed by atoms with van der Waals surface area (Å²) in [6.07, 6.45) is 0. The molecule has 110 valence electrons. The Labute approximate surface area is 132 Å². The minimum Gasteiger partial charge on any atom is -0.321 e. The van der Waals surface area contributed by atoms with Crippen LogP contribution < -0.4 is 5.32 Å². The molecule has 0 spiro atoms. The van der Waals surface area contributed by atoms with Crippen LogP contribution in [0.2, 0.25) is 0 Å². The number of carbonyl (C=O) groups excluding carboxylic acids is 1. The van der Waals surface area contributed by atoms with Gasteiger partial charge < -0.3 is 5.32 Å². The predicted molar refractivity (Wildman–Crippen MR) is 88.8 cm³/mol. The third kappa shape index (κ3) is 2.92. The summed E-state index contributed by atoms with van der Waals surface area (Å²) in [5.74, 6) is -0.585. The smallest absolute Gasteiger partial charge is 0.266 e. The van der Waals surface area contributed by atoms with Crippen molar-refractivity contribution in [2.24, 2.45) is 0 Å². The van der Waals surface area contributed by atoms with E-state index >= 15 is 0 Å². The summed E-state index contributed by atoms with van der Waals surface area (Å²) in [7, 11) is 0. The van der Waals surface area contributed by atoms with Crippen LogP contribution in [-0.2, 0) is 0 Å². The van der Waals surface area contributed by atoms with E-state index in [-0.39, 0.29) is 11.7 Å². The van der Waals surface area contributed by atoms with Crippen molar-refractivity contribution in [2.45, 2.75) is 6.92 Å². The van der Waals surface area contributed by atoms with Gasteiger partial charge in [0.15, 0.2) is 0 Å². The van der Waals surface area contributed by atoms with Crippen LogP contribution in [0, 0.1) is 12.7 Å². The van der Waals surface area contributed by atoms with E-state index < -0.39 is 0 Å². The van der Waals surface area contributed by atoms with E-state index in [2.05, 4.69) is 5.32 Å². The van der Waals surface area contributed by atoms with Crippen molar-refractivity contribution in [3.63, 3.8) is 0 Å². The Morgan fingerprint density at radius 3 is 2.64 bits per heavy atom. The van der Waals surface area contributed by atoms with Gasteiger partial charge in [0.05, 0.1) is 4.88 Å². The third-order valence-corrected chi connectivity index (χ3v) is 4.32. The van der Waals surface area contributed by atoms with Gasteiger partial charge in [0.1, 0.15) is 5.82 Å². The molecule has 1 heterocycles. The average molecular weight is 311 g/mol. The number of amides is 1. The molecule has 0 radical (unpaired) electrons. The first-order valence-electron chi connectivity index (χ1n) is 6.85.